The Morgan fingerprint density at radius 3 is 2.92 bits per heavy atom. The normalized spacial score (nSPS) is 10.2. The Bertz CT molecular complexity index is 239. The summed E-state index contributed by atoms with van der Waals surface area (Å²) in [5.74, 6) is 0.381. The first-order valence-electron chi connectivity index (χ1n) is 4.85. The first-order valence-corrected chi connectivity index (χ1v) is 5.80. The molecule has 0 radical (unpaired) electrons. The molecule has 1 nitrogen and oxygen atoms in total. The molecule has 0 spiro atoms. The lowest BCUT2D eigenvalue weighted by atomic mass is 10.1. The summed E-state index contributed by atoms with van der Waals surface area (Å²) in [7, 11) is 0. The fourth-order valence-corrected chi connectivity index (χ4v) is 1.95. The smallest absolute Gasteiger partial charge is 0.137 e. The molecule has 1 aromatic rings. The van der Waals surface area contributed by atoms with Crippen molar-refractivity contribution in [2.75, 3.05) is 0 Å². The molecule has 0 aliphatic heterocycles. The Kier molecular flexibility index (Phi) is 4.76. The highest BCUT2D eigenvalue weighted by molar-refractivity contribution is 7.07. The summed E-state index contributed by atoms with van der Waals surface area (Å²) in [6.07, 6.45) is 4.80. The minimum atomic E-state index is 0.381. The van der Waals surface area contributed by atoms with Gasteiger partial charge in [-0.2, -0.15) is 11.3 Å². The first kappa shape index (κ1) is 10.5. The van der Waals surface area contributed by atoms with Crippen molar-refractivity contribution in [2.24, 2.45) is 0 Å². The van der Waals surface area contributed by atoms with Gasteiger partial charge in [-0.15, -0.1) is 0 Å². The summed E-state index contributed by atoms with van der Waals surface area (Å²) in [6.45, 7) is 2.16. The predicted molar refractivity (Wildman–Crippen MR) is 57.2 cm³/mol. The molecule has 0 aliphatic rings. The molecule has 0 amide bonds. The van der Waals surface area contributed by atoms with E-state index in [2.05, 4.69) is 12.3 Å². The summed E-state index contributed by atoms with van der Waals surface area (Å²) < 4.78 is 0. The third kappa shape index (κ3) is 4.23. The zero-order chi connectivity index (χ0) is 9.52. The number of hydrogen-bond acceptors (Lipinski definition) is 2. The van der Waals surface area contributed by atoms with Gasteiger partial charge in [0.25, 0.3) is 0 Å². The van der Waals surface area contributed by atoms with Gasteiger partial charge in [-0.1, -0.05) is 19.8 Å². The Balaban J connectivity index is 2.18. The van der Waals surface area contributed by atoms with Crippen molar-refractivity contribution in [1.82, 2.24) is 0 Å². The quantitative estimate of drug-likeness (QED) is 0.637. The van der Waals surface area contributed by atoms with E-state index in [1.54, 1.807) is 11.3 Å². The summed E-state index contributed by atoms with van der Waals surface area (Å²) in [5.41, 5.74) is 1.17. The molecule has 1 rings (SSSR count). The molecule has 0 unspecified atom stereocenters. The van der Waals surface area contributed by atoms with Gasteiger partial charge >= 0.3 is 0 Å². The second-order valence-electron chi connectivity index (χ2n) is 3.30. The molecule has 72 valence electrons. The van der Waals surface area contributed by atoms with Crippen LogP contribution in [-0.2, 0) is 11.2 Å². The lowest BCUT2D eigenvalue weighted by molar-refractivity contribution is -0.118. The van der Waals surface area contributed by atoms with E-state index in [0.29, 0.717) is 12.2 Å². The van der Waals surface area contributed by atoms with Crippen LogP contribution in [0.3, 0.4) is 0 Å². The molecule has 0 aliphatic carbocycles. The molecule has 0 fully saturated rings. The topological polar surface area (TPSA) is 17.1 Å². The monoisotopic (exact) mass is 196 g/mol. The minimum Gasteiger partial charge on any atom is -0.299 e. The molecule has 0 saturated carbocycles. The van der Waals surface area contributed by atoms with Crippen molar-refractivity contribution in [3.63, 3.8) is 0 Å². The second-order valence-corrected chi connectivity index (χ2v) is 4.08. The summed E-state index contributed by atoms with van der Waals surface area (Å²) >= 11 is 1.66. The van der Waals surface area contributed by atoms with Crippen LogP contribution in [0, 0.1) is 0 Å². The van der Waals surface area contributed by atoms with Crippen molar-refractivity contribution in [1.29, 1.82) is 0 Å². The minimum absolute atomic E-state index is 0.381. The molecule has 0 saturated heterocycles. The Morgan fingerprint density at radius 1 is 1.46 bits per heavy atom. The standard InChI is InChI=1S/C11H16OS/c1-2-3-4-5-11(12)8-10-6-7-13-9-10/h6-7,9H,2-5,8H2,1H3. The first-order chi connectivity index (χ1) is 6.33. The molecule has 0 atom stereocenters. The van der Waals surface area contributed by atoms with Gasteiger partial charge in [-0.3, -0.25) is 4.79 Å². The maximum atomic E-state index is 11.4. The molecule has 2 heteroatoms. The van der Waals surface area contributed by atoms with E-state index in [-0.39, 0.29) is 0 Å². The number of Topliss-reactive ketones (excluding diaryl/α,β-unsaturated/α-hetero) is 1. The van der Waals surface area contributed by atoms with Gasteiger partial charge in [0.05, 0.1) is 0 Å². The number of rotatable bonds is 6. The summed E-state index contributed by atoms with van der Waals surface area (Å²) in [5, 5.41) is 4.08. The third-order valence-corrected chi connectivity index (χ3v) is 2.77. The van der Waals surface area contributed by atoms with Gasteiger partial charge in [0.15, 0.2) is 0 Å². The van der Waals surface area contributed by atoms with E-state index in [0.717, 1.165) is 12.8 Å². The lowest BCUT2D eigenvalue weighted by Crippen LogP contribution is -2.01. The highest BCUT2D eigenvalue weighted by atomic mass is 32.1. The van der Waals surface area contributed by atoms with Crippen molar-refractivity contribution >= 4 is 17.1 Å². The van der Waals surface area contributed by atoms with E-state index >= 15 is 0 Å². The molecular formula is C11H16OS. The maximum Gasteiger partial charge on any atom is 0.137 e. The van der Waals surface area contributed by atoms with Crippen LogP contribution in [0.2, 0.25) is 0 Å². The maximum absolute atomic E-state index is 11.4. The summed E-state index contributed by atoms with van der Waals surface area (Å²) in [4.78, 5) is 11.4. The van der Waals surface area contributed by atoms with Crippen LogP contribution in [-0.4, -0.2) is 5.78 Å². The fraction of sp³-hybridized carbons (Fsp3) is 0.545. The van der Waals surface area contributed by atoms with Gasteiger partial charge < -0.3 is 0 Å². The number of carbonyl (C=O) groups excluding carboxylic acids is 1. The van der Waals surface area contributed by atoms with Crippen LogP contribution in [0.1, 0.15) is 38.2 Å². The molecular weight excluding hydrogens is 180 g/mol. The zero-order valence-corrected chi connectivity index (χ0v) is 8.90. The largest absolute Gasteiger partial charge is 0.299 e. The fourth-order valence-electron chi connectivity index (χ4n) is 1.28. The van der Waals surface area contributed by atoms with E-state index < -0.39 is 0 Å². The SMILES string of the molecule is CCCCCC(=O)Cc1ccsc1. The Morgan fingerprint density at radius 2 is 2.31 bits per heavy atom. The number of thiophene rings is 1. The van der Waals surface area contributed by atoms with Crippen LogP contribution in [0.25, 0.3) is 0 Å². The Hall–Kier alpha value is -0.630. The average molecular weight is 196 g/mol. The lowest BCUT2D eigenvalue weighted by Gasteiger charge is -1.97. The van der Waals surface area contributed by atoms with Crippen LogP contribution in [0.4, 0.5) is 0 Å². The number of ketones is 1. The van der Waals surface area contributed by atoms with Crippen LogP contribution in [0.15, 0.2) is 16.8 Å². The van der Waals surface area contributed by atoms with Gasteiger partial charge in [0.2, 0.25) is 0 Å². The highest BCUT2D eigenvalue weighted by Gasteiger charge is 2.02. The number of hydrogen-bond donors (Lipinski definition) is 0. The van der Waals surface area contributed by atoms with Crippen molar-refractivity contribution < 1.29 is 4.79 Å². The van der Waals surface area contributed by atoms with E-state index in [4.69, 9.17) is 0 Å². The molecule has 0 bridgehead atoms. The molecule has 1 aromatic heterocycles. The van der Waals surface area contributed by atoms with Gasteiger partial charge in [-0.25, -0.2) is 0 Å². The van der Waals surface area contributed by atoms with Crippen molar-refractivity contribution in [3.05, 3.63) is 22.4 Å². The molecule has 1 heterocycles. The Labute approximate surface area is 83.8 Å². The zero-order valence-electron chi connectivity index (χ0n) is 8.08. The number of unbranched alkanes of at least 4 members (excludes halogenated alkanes) is 2. The highest BCUT2D eigenvalue weighted by Crippen LogP contribution is 2.09. The van der Waals surface area contributed by atoms with Crippen LogP contribution >= 0.6 is 11.3 Å². The van der Waals surface area contributed by atoms with Gasteiger partial charge in [0.1, 0.15) is 5.78 Å². The van der Waals surface area contributed by atoms with Crippen molar-refractivity contribution in [3.8, 4) is 0 Å². The van der Waals surface area contributed by atoms with Crippen LogP contribution < -0.4 is 0 Å². The van der Waals surface area contributed by atoms with E-state index in [9.17, 15) is 4.79 Å². The van der Waals surface area contributed by atoms with E-state index in [1.807, 2.05) is 11.4 Å². The molecule has 0 aromatic carbocycles. The average Bonchev–Trinajstić information content (AvgIpc) is 2.57. The van der Waals surface area contributed by atoms with Crippen LogP contribution in [0.5, 0.6) is 0 Å². The molecule has 13 heavy (non-hydrogen) atoms. The second kappa shape index (κ2) is 5.92. The van der Waals surface area contributed by atoms with Crippen molar-refractivity contribution in [2.45, 2.75) is 39.0 Å². The third-order valence-electron chi connectivity index (χ3n) is 2.04. The van der Waals surface area contributed by atoms with Gasteiger partial charge in [0, 0.05) is 12.8 Å². The number of carbonyl (C=O) groups is 1. The molecule has 0 N–H and O–H groups in total. The summed E-state index contributed by atoms with van der Waals surface area (Å²) in [6, 6.07) is 2.03. The van der Waals surface area contributed by atoms with E-state index in [1.165, 1.54) is 18.4 Å². The van der Waals surface area contributed by atoms with Gasteiger partial charge in [-0.05, 0) is 28.8 Å². The predicted octanol–water partition coefficient (Wildman–Crippen LogP) is 3.44.